The Balaban J connectivity index is 1.70. The van der Waals surface area contributed by atoms with Crippen LogP contribution in [-0.2, 0) is 6.42 Å². The van der Waals surface area contributed by atoms with Gasteiger partial charge in [0, 0.05) is 30.0 Å². The highest BCUT2D eigenvalue weighted by Gasteiger charge is 2.27. The molecule has 0 fully saturated rings. The topological polar surface area (TPSA) is 32.3 Å². The predicted octanol–water partition coefficient (Wildman–Crippen LogP) is 3.81. The SMILES string of the molecule is CC1CCN(C(=O)c2ccc3c(c2)CCN3)c2ccccc21. The first-order valence-corrected chi connectivity index (χ1v) is 8.01. The summed E-state index contributed by atoms with van der Waals surface area (Å²) < 4.78 is 0. The number of carbonyl (C=O) groups is 1. The lowest BCUT2D eigenvalue weighted by Crippen LogP contribution is -2.36. The molecule has 1 N–H and O–H groups in total. The molecule has 22 heavy (non-hydrogen) atoms. The molecule has 4 rings (SSSR count). The van der Waals surface area contributed by atoms with E-state index >= 15 is 0 Å². The van der Waals surface area contributed by atoms with Crippen molar-refractivity contribution in [1.82, 2.24) is 0 Å². The van der Waals surface area contributed by atoms with Crippen molar-refractivity contribution in [3.63, 3.8) is 0 Å². The van der Waals surface area contributed by atoms with Crippen LogP contribution in [0.1, 0.15) is 40.7 Å². The number of carbonyl (C=O) groups excluding carboxylic acids is 1. The van der Waals surface area contributed by atoms with Gasteiger partial charge in [-0.05, 0) is 54.2 Å². The van der Waals surface area contributed by atoms with Crippen LogP contribution >= 0.6 is 0 Å². The first-order valence-electron chi connectivity index (χ1n) is 8.01. The zero-order valence-electron chi connectivity index (χ0n) is 12.8. The summed E-state index contributed by atoms with van der Waals surface area (Å²) >= 11 is 0. The average molecular weight is 292 g/mol. The van der Waals surface area contributed by atoms with Crippen LogP contribution in [0.15, 0.2) is 42.5 Å². The van der Waals surface area contributed by atoms with E-state index in [1.165, 1.54) is 16.8 Å². The summed E-state index contributed by atoms with van der Waals surface area (Å²) in [7, 11) is 0. The molecule has 2 aliphatic rings. The summed E-state index contributed by atoms with van der Waals surface area (Å²) in [5.74, 6) is 0.638. The summed E-state index contributed by atoms with van der Waals surface area (Å²) in [6, 6.07) is 14.3. The summed E-state index contributed by atoms with van der Waals surface area (Å²) in [6.45, 7) is 4.01. The minimum absolute atomic E-state index is 0.119. The van der Waals surface area contributed by atoms with E-state index in [4.69, 9.17) is 0 Å². The minimum atomic E-state index is 0.119. The lowest BCUT2D eigenvalue weighted by molar-refractivity contribution is 0.0984. The van der Waals surface area contributed by atoms with Gasteiger partial charge >= 0.3 is 0 Å². The predicted molar refractivity (Wildman–Crippen MR) is 89.8 cm³/mol. The highest BCUT2D eigenvalue weighted by molar-refractivity contribution is 6.07. The van der Waals surface area contributed by atoms with Crippen LogP contribution in [0.3, 0.4) is 0 Å². The quantitative estimate of drug-likeness (QED) is 0.867. The van der Waals surface area contributed by atoms with Crippen LogP contribution in [0.5, 0.6) is 0 Å². The standard InChI is InChI=1S/C19H20N2O/c1-13-9-11-21(18-5-3-2-4-16(13)18)19(22)15-6-7-17-14(12-15)8-10-20-17/h2-7,12-13,20H,8-11H2,1H3. The van der Waals surface area contributed by atoms with Crippen LogP contribution in [0.25, 0.3) is 0 Å². The molecule has 2 heterocycles. The van der Waals surface area contributed by atoms with Gasteiger partial charge in [-0.15, -0.1) is 0 Å². The third-order valence-corrected chi connectivity index (χ3v) is 4.85. The second kappa shape index (κ2) is 5.16. The summed E-state index contributed by atoms with van der Waals surface area (Å²) in [5, 5.41) is 3.34. The van der Waals surface area contributed by atoms with Gasteiger partial charge in [0.15, 0.2) is 0 Å². The molecule has 0 bridgehead atoms. The van der Waals surface area contributed by atoms with Crippen molar-refractivity contribution < 1.29 is 4.79 Å². The molecule has 0 saturated heterocycles. The maximum atomic E-state index is 13.0. The Hall–Kier alpha value is -2.29. The molecule has 0 spiro atoms. The Bertz CT molecular complexity index is 738. The van der Waals surface area contributed by atoms with Gasteiger partial charge in [0.1, 0.15) is 0 Å². The Morgan fingerprint density at radius 2 is 2.09 bits per heavy atom. The van der Waals surface area contributed by atoms with E-state index in [0.29, 0.717) is 5.92 Å². The summed E-state index contributed by atoms with van der Waals surface area (Å²) in [4.78, 5) is 14.9. The minimum Gasteiger partial charge on any atom is -0.384 e. The lowest BCUT2D eigenvalue weighted by Gasteiger charge is -2.33. The molecule has 112 valence electrons. The monoisotopic (exact) mass is 292 g/mol. The normalized spacial score (nSPS) is 19.3. The van der Waals surface area contributed by atoms with Gasteiger partial charge in [-0.25, -0.2) is 0 Å². The van der Waals surface area contributed by atoms with E-state index in [0.717, 1.165) is 37.2 Å². The Labute approximate surface area is 131 Å². The van der Waals surface area contributed by atoms with Crippen molar-refractivity contribution >= 4 is 17.3 Å². The number of hydrogen-bond donors (Lipinski definition) is 1. The maximum Gasteiger partial charge on any atom is 0.258 e. The molecule has 2 aliphatic heterocycles. The Morgan fingerprint density at radius 1 is 1.23 bits per heavy atom. The highest BCUT2D eigenvalue weighted by atomic mass is 16.2. The fourth-order valence-corrected chi connectivity index (χ4v) is 3.55. The molecule has 0 aliphatic carbocycles. The van der Waals surface area contributed by atoms with E-state index in [2.05, 4.69) is 36.5 Å². The van der Waals surface area contributed by atoms with Gasteiger partial charge in [-0.2, -0.15) is 0 Å². The molecule has 2 aromatic carbocycles. The molecule has 0 radical (unpaired) electrons. The van der Waals surface area contributed by atoms with Crippen molar-refractivity contribution in [1.29, 1.82) is 0 Å². The van der Waals surface area contributed by atoms with E-state index in [9.17, 15) is 4.79 Å². The number of rotatable bonds is 1. The van der Waals surface area contributed by atoms with E-state index in [1.54, 1.807) is 0 Å². The zero-order chi connectivity index (χ0) is 15.1. The van der Waals surface area contributed by atoms with E-state index < -0.39 is 0 Å². The second-order valence-corrected chi connectivity index (χ2v) is 6.25. The highest BCUT2D eigenvalue weighted by Crippen LogP contribution is 2.35. The Kier molecular flexibility index (Phi) is 3.14. The van der Waals surface area contributed by atoms with Gasteiger partial charge in [0.2, 0.25) is 0 Å². The van der Waals surface area contributed by atoms with Gasteiger partial charge < -0.3 is 10.2 Å². The number of anilines is 2. The van der Waals surface area contributed by atoms with Crippen LogP contribution < -0.4 is 10.2 Å². The summed E-state index contributed by atoms with van der Waals surface area (Å²) in [5.41, 5.74) is 5.58. The largest absolute Gasteiger partial charge is 0.384 e. The lowest BCUT2D eigenvalue weighted by atomic mass is 9.91. The molecular weight excluding hydrogens is 272 g/mol. The Morgan fingerprint density at radius 3 is 3.00 bits per heavy atom. The number of hydrogen-bond acceptors (Lipinski definition) is 2. The fourth-order valence-electron chi connectivity index (χ4n) is 3.55. The van der Waals surface area contributed by atoms with Crippen molar-refractivity contribution in [2.24, 2.45) is 0 Å². The van der Waals surface area contributed by atoms with Crippen molar-refractivity contribution in [2.45, 2.75) is 25.7 Å². The van der Waals surface area contributed by atoms with Gasteiger partial charge in [-0.1, -0.05) is 25.1 Å². The van der Waals surface area contributed by atoms with Crippen molar-refractivity contribution in [3.8, 4) is 0 Å². The van der Waals surface area contributed by atoms with Crippen molar-refractivity contribution in [2.75, 3.05) is 23.3 Å². The first kappa shape index (κ1) is 13.4. The number of fused-ring (bicyclic) bond motifs is 2. The average Bonchev–Trinajstić information content (AvgIpc) is 3.02. The van der Waals surface area contributed by atoms with Crippen LogP contribution in [0.4, 0.5) is 11.4 Å². The zero-order valence-corrected chi connectivity index (χ0v) is 12.8. The van der Waals surface area contributed by atoms with Crippen molar-refractivity contribution in [3.05, 3.63) is 59.2 Å². The third kappa shape index (κ3) is 2.08. The molecule has 2 aromatic rings. The molecule has 3 heteroatoms. The van der Waals surface area contributed by atoms with Gasteiger partial charge in [0.25, 0.3) is 5.91 Å². The van der Waals surface area contributed by atoms with Gasteiger partial charge in [-0.3, -0.25) is 4.79 Å². The van der Waals surface area contributed by atoms with Crippen LogP contribution in [-0.4, -0.2) is 19.0 Å². The molecule has 1 atom stereocenters. The molecule has 0 aromatic heterocycles. The van der Waals surface area contributed by atoms with E-state index in [1.807, 2.05) is 23.1 Å². The first-order chi connectivity index (χ1) is 10.7. The molecule has 1 amide bonds. The molecule has 3 nitrogen and oxygen atoms in total. The molecular formula is C19H20N2O. The molecule has 1 unspecified atom stereocenters. The smallest absolute Gasteiger partial charge is 0.258 e. The number of benzene rings is 2. The maximum absolute atomic E-state index is 13.0. The fraction of sp³-hybridized carbons (Fsp3) is 0.316. The van der Waals surface area contributed by atoms with Crippen LogP contribution in [0, 0.1) is 0 Å². The third-order valence-electron chi connectivity index (χ3n) is 4.85. The van der Waals surface area contributed by atoms with E-state index in [-0.39, 0.29) is 5.91 Å². The number of para-hydroxylation sites is 1. The number of amides is 1. The molecule has 0 saturated carbocycles. The number of nitrogens with zero attached hydrogens (tertiary/aromatic N) is 1. The number of nitrogens with one attached hydrogen (secondary N) is 1. The van der Waals surface area contributed by atoms with Gasteiger partial charge in [0.05, 0.1) is 0 Å². The summed E-state index contributed by atoms with van der Waals surface area (Å²) in [6.07, 6.45) is 2.03. The second-order valence-electron chi connectivity index (χ2n) is 6.25. The van der Waals surface area contributed by atoms with Crippen LogP contribution in [0.2, 0.25) is 0 Å².